The van der Waals surface area contributed by atoms with Crippen LogP contribution in [0.25, 0.3) is 0 Å². The maximum atomic E-state index is 11.9. The lowest BCUT2D eigenvalue weighted by atomic mass is 10.1. The molecule has 2 N–H and O–H groups in total. The molecule has 0 radical (unpaired) electrons. The molecule has 0 aliphatic rings. The molecule has 0 bridgehead atoms. The van der Waals surface area contributed by atoms with Gasteiger partial charge in [0.15, 0.2) is 11.9 Å². The normalized spacial score (nSPS) is 11.5. The van der Waals surface area contributed by atoms with Crippen molar-refractivity contribution in [2.24, 2.45) is 0 Å². The number of hydrogen-bond donors (Lipinski definition) is 2. The van der Waals surface area contributed by atoms with E-state index in [0.29, 0.717) is 11.3 Å². The smallest absolute Gasteiger partial charge is 0.326 e. The number of nitrogens with zero attached hydrogens (tertiary/aromatic N) is 1. The largest absolute Gasteiger partial charge is 0.451 e. The van der Waals surface area contributed by atoms with E-state index < -0.39 is 23.9 Å². The van der Waals surface area contributed by atoms with Crippen molar-refractivity contribution in [3.8, 4) is 0 Å². The van der Waals surface area contributed by atoms with Crippen LogP contribution >= 0.6 is 0 Å². The number of rotatable bonds is 6. The molecule has 1 aromatic carbocycles. The zero-order valence-corrected chi connectivity index (χ0v) is 14.2. The highest BCUT2D eigenvalue weighted by atomic mass is 16.5. The van der Waals surface area contributed by atoms with Gasteiger partial charge in [-0.05, 0) is 32.9 Å². The maximum Gasteiger partial charge on any atom is 0.326 e. The van der Waals surface area contributed by atoms with Gasteiger partial charge < -0.3 is 19.9 Å². The van der Waals surface area contributed by atoms with E-state index in [4.69, 9.17) is 9.26 Å². The number of ether oxygens (including phenoxy) is 1. The summed E-state index contributed by atoms with van der Waals surface area (Å²) in [5, 5.41) is 8.51. The van der Waals surface area contributed by atoms with Crippen LogP contribution in [0.5, 0.6) is 0 Å². The molecule has 132 valence electrons. The van der Waals surface area contributed by atoms with Crippen LogP contribution < -0.4 is 10.6 Å². The number of carbonyl (C=O) groups excluding carboxylic acids is 3. The van der Waals surface area contributed by atoms with Crippen LogP contribution in [-0.4, -0.2) is 35.6 Å². The van der Waals surface area contributed by atoms with E-state index >= 15 is 0 Å². The SMILES string of the molecule is Cc1ccc(C(=O)NCC(=O)OC(C)C(=O)Nc2cc(C)on2)cc1. The van der Waals surface area contributed by atoms with Crippen LogP contribution in [0, 0.1) is 13.8 Å². The molecule has 0 aliphatic heterocycles. The Morgan fingerprint density at radius 3 is 2.48 bits per heavy atom. The minimum Gasteiger partial charge on any atom is -0.451 e. The van der Waals surface area contributed by atoms with E-state index in [1.165, 1.54) is 13.0 Å². The van der Waals surface area contributed by atoms with Crippen molar-refractivity contribution in [2.45, 2.75) is 26.9 Å². The molecule has 0 aliphatic carbocycles. The summed E-state index contributed by atoms with van der Waals surface area (Å²) in [6.07, 6.45) is -1.04. The molecule has 0 saturated carbocycles. The molecular formula is C17H19N3O5. The van der Waals surface area contributed by atoms with Crippen LogP contribution in [0.2, 0.25) is 0 Å². The minimum absolute atomic E-state index is 0.234. The van der Waals surface area contributed by atoms with Crippen LogP contribution in [0.1, 0.15) is 28.6 Å². The first-order chi connectivity index (χ1) is 11.8. The minimum atomic E-state index is -1.04. The lowest BCUT2D eigenvalue weighted by Gasteiger charge is -2.12. The number of nitrogens with one attached hydrogen (secondary N) is 2. The van der Waals surface area contributed by atoms with Gasteiger partial charge >= 0.3 is 5.97 Å². The fourth-order valence-corrected chi connectivity index (χ4v) is 1.90. The molecule has 0 spiro atoms. The van der Waals surface area contributed by atoms with Crippen molar-refractivity contribution in [2.75, 3.05) is 11.9 Å². The van der Waals surface area contributed by atoms with E-state index in [9.17, 15) is 14.4 Å². The summed E-state index contributed by atoms with van der Waals surface area (Å²) in [5.41, 5.74) is 1.46. The van der Waals surface area contributed by atoms with Crippen molar-refractivity contribution in [1.29, 1.82) is 0 Å². The van der Waals surface area contributed by atoms with Gasteiger partial charge in [-0.2, -0.15) is 0 Å². The third-order valence-corrected chi connectivity index (χ3v) is 3.26. The second-order valence-electron chi connectivity index (χ2n) is 5.49. The van der Waals surface area contributed by atoms with E-state index in [1.54, 1.807) is 31.2 Å². The van der Waals surface area contributed by atoms with E-state index in [2.05, 4.69) is 15.8 Å². The topological polar surface area (TPSA) is 111 Å². The Morgan fingerprint density at radius 1 is 1.20 bits per heavy atom. The van der Waals surface area contributed by atoms with Gasteiger partial charge in [-0.15, -0.1) is 0 Å². The molecule has 8 heteroatoms. The second-order valence-corrected chi connectivity index (χ2v) is 5.49. The molecule has 1 heterocycles. The molecule has 0 saturated heterocycles. The third kappa shape index (κ3) is 5.45. The van der Waals surface area contributed by atoms with Crippen LogP contribution in [-0.2, 0) is 14.3 Å². The van der Waals surface area contributed by atoms with Gasteiger partial charge in [0.2, 0.25) is 0 Å². The third-order valence-electron chi connectivity index (χ3n) is 3.26. The predicted octanol–water partition coefficient (Wildman–Crippen LogP) is 1.59. The van der Waals surface area contributed by atoms with Crippen molar-refractivity contribution in [1.82, 2.24) is 10.5 Å². The molecule has 2 amide bonds. The summed E-state index contributed by atoms with van der Waals surface area (Å²) in [4.78, 5) is 35.6. The van der Waals surface area contributed by atoms with Crippen LogP contribution in [0.15, 0.2) is 34.9 Å². The summed E-state index contributed by atoms with van der Waals surface area (Å²) in [5.74, 6) is -0.894. The molecule has 25 heavy (non-hydrogen) atoms. The fraction of sp³-hybridized carbons (Fsp3) is 0.294. The van der Waals surface area contributed by atoms with Gasteiger partial charge in [0.05, 0.1) is 0 Å². The standard InChI is InChI=1S/C17H19N3O5/c1-10-4-6-13(7-5-10)17(23)18-9-15(21)24-12(3)16(22)19-14-8-11(2)25-20-14/h4-8,12H,9H2,1-3H3,(H,18,23)(H,19,20,22). The van der Waals surface area contributed by atoms with E-state index in [-0.39, 0.29) is 12.4 Å². The lowest BCUT2D eigenvalue weighted by molar-refractivity contribution is -0.152. The lowest BCUT2D eigenvalue weighted by Crippen LogP contribution is -2.35. The van der Waals surface area contributed by atoms with Gasteiger partial charge in [-0.3, -0.25) is 14.4 Å². The van der Waals surface area contributed by atoms with Crippen molar-refractivity contribution >= 4 is 23.6 Å². The zero-order valence-electron chi connectivity index (χ0n) is 14.2. The first-order valence-corrected chi connectivity index (χ1v) is 7.63. The van der Waals surface area contributed by atoms with Crippen LogP contribution in [0.4, 0.5) is 5.82 Å². The summed E-state index contributed by atoms with van der Waals surface area (Å²) >= 11 is 0. The molecule has 2 rings (SSSR count). The first kappa shape index (κ1) is 18.2. The van der Waals surface area contributed by atoms with E-state index in [0.717, 1.165) is 5.56 Å². The van der Waals surface area contributed by atoms with Crippen molar-refractivity contribution in [3.05, 3.63) is 47.2 Å². The monoisotopic (exact) mass is 345 g/mol. The Labute approximate surface area is 144 Å². The molecular weight excluding hydrogens is 326 g/mol. The molecule has 2 aromatic rings. The number of aryl methyl sites for hydroxylation is 2. The first-order valence-electron chi connectivity index (χ1n) is 7.63. The number of amides is 2. The van der Waals surface area contributed by atoms with Crippen molar-refractivity contribution < 1.29 is 23.6 Å². The van der Waals surface area contributed by atoms with Gasteiger partial charge in [0.25, 0.3) is 11.8 Å². The quantitative estimate of drug-likeness (QED) is 0.769. The molecule has 8 nitrogen and oxygen atoms in total. The van der Waals surface area contributed by atoms with Gasteiger partial charge in [-0.25, -0.2) is 0 Å². The molecule has 1 atom stereocenters. The Bertz CT molecular complexity index is 767. The highest BCUT2D eigenvalue weighted by molar-refractivity contribution is 5.97. The summed E-state index contributed by atoms with van der Waals surface area (Å²) in [6.45, 7) is 4.67. The predicted molar refractivity (Wildman–Crippen MR) is 88.9 cm³/mol. The van der Waals surface area contributed by atoms with E-state index in [1.807, 2.05) is 6.92 Å². The van der Waals surface area contributed by atoms with Gasteiger partial charge in [0.1, 0.15) is 12.3 Å². The summed E-state index contributed by atoms with van der Waals surface area (Å²) < 4.78 is 9.79. The Balaban J connectivity index is 1.77. The van der Waals surface area contributed by atoms with Crippen LogP contribution in [0.3, 0.4) is 0 Å². The number of hydrogen-bond acceptors (Lipinski definition) is 6. The molecule has 1 unspecified atom stereocenters. The maximum absolute atomic E-state index is 11.9. The molecule has 0 fully saturated rings. The average Bonchev–Trinajstić information content (AvgIpc) is 2.98. The zero-order chi connectivity index (χ0) is 18.4. The van der Waals surface area contributed by atoms with Gasteiger partial charge in [0, 0.05) is 11.6 Å². The Hall–Kier alpha value is -3.16. The average molecular weight is 345 g/mol. The number of carbonyl (C=O) groups is 3. The number of anilines is 1. The number of esters is 1. The fourth-order valence-electron chi connectivity index (χ4n) is 1.90. The second kappa shape index (κ2) is 8.09. The Kier molecular flexibility index (Phi) is 5.89. The Morgan fingerprint density at radius 2 is 1.88 bits per heavy atom. The number of benzene rings is 1. The number of aromatic nitrogens is 1. The van der Waals surface area contributed by atoms with Crippen molar-refractivity contribution in [3.63, 3.8) is 0 Å². The highest BCUT2D eigenvalue weighted by Gasteiger charge is 2.19. The summed E-state index contributed by atoms with van der Waals surface area (Å²) in [7, 11) is 0. The highest BCUT2D eigenvalue weighted by Crippen LogP contribution is 2.08. The molecule has 1 aromatic heterocycles. The van der Waals surface area contributed by atoms with Gasteiger partial charge in [-0.1, -0.05) is 22.9 Å². The summed E-state index contributed by atoms with van der Waals surface area (Å²) in [6, 6.07) is 8.45.